The fourth-order valence-electron chi connectivity index (χ4n) is 1.67. The molecule has 2 unspecified atom stereocenters. The van der Waals surface area contributed by atoms with Crippen LogP contribution in [-0.2, 0) is 4.79 Å². The first-order chi connectivity index (χ1) is 5.65. The van der Waals surface area contributed by atoms with Crippen LogP contribution in [0.5, 0.6) is 0 Å². The summed E-state index contributed by atoms with van der Waals surface area (Å²) < 4.78 is 0. The van der Waals surface area contributed by atoms with E-state index in [9.17, 15) is 4.79 Å². The van der Waals surface area contributed by atoms with Crippen LogP contribution in [0, 0.1) is 11.8 Å². The van der Waals surface area contributed by atoms with Gasteiger partial charge in [0.2, 0.25) is 5.91 Å². The van der Waals surface area contributed by atoms with Crippen LogP contribution < -0.4 is 0 Å². The van der Waals surface area contributed by atoms with Crippen molar-refractivity contribution >= 4 is 5.91 Å². The fourth-order valence-corrected chi connectivity index (χ4v) is 1.67. The van der Waals surface area contributed by atoms with E-state index in [1.807, 2.05) is 4.90 Å². The summed E-state index contributed by atoms with van der Waals surface area (Å²) in [4.78, 5) is 12.8. The van der Waals surface area contributed by atoms with Gasteiger partial charge in [0.1, 0.15) is 0 Å². The van der Waals surface area contributed by atoms with E-state index in [4.69, 9.17) is 5.11 Å². The molecule has 0 aliphatic carbocycles. The Balaban J connectivity index is 2.49. The second kappa shape index (κ2) is 3.90. The van der Waals surface area contributed by atoms with E-state index in [1.165, 1.54) is 0 Å². The Morgan fingerprint density at radius 1 is 1.67 bits per heavy atom. The largest absolute Gasteiger partial charge is 0.396 e. The third-order valence-corrected chi connectivity index (χ3v) is 2.79. The topological polar surface area (TPSA) is 40.5 Å². The molecule has 0 bridgehead atoms. The third-order valence-electron chi connectivity index (χ3n) is 2.79. The first-order valence-electron chi connectivity index (χ1n) is 4.51. The molecular formula is C9H17NO2. The van der Waals surface area contributed by atoms with Crippen molar-refractivity contribution in [1.29, 1.82) is 0 Å². The maximum atomic E-state index is 11.0. The van der Waals surface area contributed by atoms with E-state index >= 15 is 0 Å². The molecule has 0 saturated carbocycles. The lowest BCUT2D eigenvalue weighted by Crippen LogP contribution is -2.43. The van der Waals surface area contributed by atoms with Crippen LogP contribution >= 0.6 is 0 Å². The zero-order valence-electron chi connectivity index (χ0n) is 7.79. The number of aliphatic hydroxyl groups is 1. The summed E-state index contributed by atoms with van der Waals surface area (Å²) in [7, 11) is 0. The van der Waals surface area contributed by atoms with Gasteiger partial charge in [-0.25, -0.2) is 0 Å². The number of piperidine rings is 1. The average Bonchev–Trinajstić information content (AvgIpc) is 2.05. The van der Waals surface area contributed by atoms with Crippen molar-refractivity contribution in [2.24, 2.45) is 11.8 Å². The lowest BCUT2D eigenvalue weighted by atomic mass is 9.88. The first kappa shape index (κ1) is 9.52. The van der Waals surface area contributed by atoms with Crippen LogP contribution in [0.1, 0.15) is 20.3 Å². The Morgan fingerprint density at radius 3 is 2.83 bits per heavy atom. The lowest BCUT2D eigenvalue weighted by Gasteiger charge is -2.35. The quantitative estimate of drug-likeness (QED) is 0.623. The first-order valence-corrected chi connectivity index (χ1v) is 4.51. The Bertz CT molecular complexity index is 170. The molecule has 1 amide bonds. The summed E-state index contributed by atoms with van der Waals surface area (Å²) in [6.45, 7) is 5.51. The standard InChI is InChI=1S/C9H17NO2/c1-7-3-4-10(8(2)12)5-9(7)6-11/h7,9,11H,3-6H2,1-2H3. The fraction of sp³-hybridized carbons (Fsp3) is 0.889. The maximum Gasteiger partial charge on any atom is 0.219 e. The van der Waals surface area contributed by atoms with Crippen LogP contribution in [0.25, 0.3) is 0 Å². The molecule has 3 nitrogen and oxygen atoms in total. The van der Waals surface area contributed by atoms with Crippen molar-refractivity contribution in [3.05, 3.63) is 0 Å². The van der Waals surface area contributed by atoms with E-state index in [2.05, 4.69) is 6.92 Å². The third kappa shape index (κ3) is 1.97. The highest BCUT2D eigenvalue weighted by molar-refractivity contribution is 5.73. The van der Waals surface area contributed by atoms with Gasteiger partial charge in [-0.1, -0.05) is 6.92 Å². The molecule has 1 heterocycles. The van der Waals surface area contributed by atoms with Crippen LogP contribution in [0.15, 0.2) is 0 Å². The van der Waals surface area contributed by atoms with Crippen LogP contribution in [0.4, 0.5) is 0 Å². The number of rotatable bonds is 1. The molecule has 1 aliphatic heterocycles. The number of nitrogens with zero attached hydrogens (tertiary/aromatic N) is 1. The molecule has 1 fully saturated rings. The Morgan fingerprint density at radius 2 is 2.33 bits per heavy atom. The van der Waals surface area contributed by atoms with E-state index in [-0.39, 0.29) is 18.4 Å². The molecule has 70 valence electrons. The molecule has 12 heavy (non-hydrogen) atoms. The van der Waals surface area contributed by atoms with Crippen molar-refractivity contribution < 1.29 is 9.90 Å². The highest BCUT2D eigenvalue weighted by Crippen LogP contribution is 2.22. The van der Waals surface area contributed by atoms with Gasteiger partial charge < -0.3 is 10.0 Å². The van der Waals surface area contributed by atoms with Gasteiger partial charge in [0.15, 0.2) is 0 Å². The lowest BCUT2D eigenvalue weighted by molar-refractivity contribution is -0.131. The van der Waals surface area contributed by atoms with Crippen LogP contribution in [-0.4, -0.2) is 35.6 Å². The Kier molecular flexibility index (Phi) is 3.09. The summed E-state index contributed by atoms with van der Waals surface area (Å²) in [5.41, 5.74) is 0. The summed E-state index contributed by atoms with van der Waals surface area (Å²) in [5.74, 6) is 0.952. The van der Waals surface area contributed by atoms with Crippen molar-refractivity contribution in [3.8, 4) is 0 Å². The monoisotopic (exact) mass is 171 g/mol. The maximum absolute atomic E-state index is 11.0. The number of carbonyl (C=O) groups excluding carboxylic acids is 1. The summed E-state index contributed by atoms with van der Waals surface area (Å²) in [6.07, 6.45) is 1.02. The summed E-state index contributed by atoms with van der Waals surface area (Å²) >= 11 is 0. The number of likely N-dealkylation sites (tertiary alicyclic amines) is 1. The summed E-state index contributed by atoms with van der Waals surface area (Å²) in [5, 5.41) is 9.02. The van der Waals surface area contributed by atoms with Crippen LogP contribution in [0.3, 0.4) is 0 Å². The van der Waals surface area contributed by atoms with Gasteiger partial charge in [0, 0.05) is 32.5 Å². The number of amides is 1. The van der Waals surface area contributed by atoms with Gasteiger partial charge in [-0.15, -0.1) is 0 Å². The van der Waals surface area contributed by atoms with Crippen molar-refractivity contribution in [2.45, 2.75) is 20.3 Å². The molecule has 0 aromatic heterocycles. The van der Waals surface area contributed by atoms with E-state index < -0.39 is 0 Å². The van der Waals surface area contributed by atoms with Gasteiger partial charge in [-0.05, 0) is 12.3 Å². The molecule has 0 aromatic rings. The SMILES string of the molecule is CC(=O)N1CCC(C)C(CO)C1. The van der Waals surface area contributed by atoms with Crippen LogP contribution in [0.2, 0.25) is 0 Å². The molecular weight excluding hydrogens is 154 g/mol. The van der Waals surface area contributed by atoms with Gasteiger partial charge in [0.25, 0.3) is 0 Å². The zero-order chi connectivity index (χ0) is 9.14. The van der Waals surface area contributed by atoms with E-state index in [1.54, 1.807) is 6.92 Å². The van der Waals surface area contributed by atoms with Gasteiger partial charge in [-0.3, -0.25) is 4.79 Å². The molecule has 1 N–H and O–H groups in total. The second-order valence-corrected chi connectivity index (χ2v) is 3.67. The molecule has 1 aliphatic rings. The number of hydrogen-bond donors (Lipinski definition) is 1. The predicted octanol–water partition coefficient (Wildman–Crippen LogP) is 0.483. The molecule has 0 radical (unpaired) electrons. The molecule has 0 spiro atoms. The number of carbonyl (C=O) groups is 1. The normalized spacial score (nSPS) is 30.4. The Labute approximate surface area is 73.4 Å². The number of aliphatic hydroxyl groups excluding tert-OH is 1. The zero-order valence-corrected chi connectivity index (χ0v) is 7.79. The van der Waals surface area contributed by atoms with Crippen molar-refractivity contribution in [3.63, 3.8) is 0 Å². The minimum Gasteiger partial charge on any atom is -0.396 e. The Hall–Kier alpha value is -0.570. The van der Waals surface area contributed by atoms with Crippen molar-refractivity contribution in [1.82, 2.24) is 4.90 Å². The van der Waals surface area contributed by atoms with Gasteiger partial charge in [-0.2, -0.15) is 0 Å². The highest BCUT2D eigenvalue weighted by atomic mass is 16.3. The van der Waals surface area contributed by atoms with E-state index in [0.29, 0.717) is 5.92 Å². The predicted molar refractivity (Wildman–Crippen MR) is 46.6 cm³/mol. The average molecular weight is 171 g/mol. The number of hydrogen-bond acceptors (Lipinski definition) is 2. The minimum atomic E-state index is 0.125. The van der Waals surface area contributed by atoms with Gasteiger partial charge in [0.05, 0.1) is 0 Å². The summed E-state index contributed by atoms with van der Waals surface area (Å²) in [6, 6.07) is 0. The van der Waals surface area contributed by atoms with Crippen molar-refractivity contribution in [2.75, 3.05) is 19.7 Å². The highest BCUT2D eigenvalue weighted by Gasteiger charge is 2.26. The minimum absolute atomic E-state index is 0.125. The molecule has 1 rings (SSSR count). The van der Waals surface area contributed by atoms with Gasteiger partial charge >= 0.3 is 0 Å². The second-order valence-electron chi connectivity index (χ2n) is 3.67. The smallest absolute Gasteiger partial charge is 0.219 e. The van der Waals surface area contributed by atoms with E-state index in [0.717, 1.165) is 19.5 Å². The molecule has 2 atom stereocenters. The molecule has 3 heteroatoms. The molecule has 0 aromatic carbocycles. The molecule has 1 saturated heterocycles.